The summed E-state index contributed by atoms with van der Waals surface area (Å²) in [5.41, 5.74) is 0. The molecule has 0 spiro atoms. The predicted molar refractivity (Wildman–Crippen MR) is 26.6 cm³/mol. The maximum Gasteiger partial charge on any atom is 1.00 e. The average Bonchev–Trinajstić information content (AvgIpc) is 1.59. The first-order valence-electron chi connectivity index (χ1n) is 1.88. The number of hydrogen-bond acceptors (Lipinski definition) is 3. The summed E-state index contributed by atoms with van der Waals surface area (Å²) in [6, 6.07) is 1.59. The Bertz CT molecular complexity index is 192. The first kappa shape index (κ1) is 12.1. The van der Waals surface area contributed by atoms with E-state index >= 15 is 0 Å². The van der Waals surface area contributed by atoms with E-state index in [1.807, 2.05) is 0 Å². The SMILES string of the molecule is N#CCCS(=O)(=O)O.[Na+]. The average molecular weight is 158 g/mol. The zero-order chi connectivity index (χ0) is 6.62. The van der Waals surface area contributed by atoms with Crippen LogP contribution in [0.1, 0.15) is 6.42 Å². The Labute approximate surface area is 75.9 Å². The van der Waals surface area contributed by atoms with E-state index in [0.717, 1.165) is 0 Å². The van der Waals surface area contributed by atoms with Gasteiger partial charge in [0.15, 0.2) is 0 Å². The van der Waals surface area contributed by atoms with Crippen LogP contribution < -0.4 is 29.6 Å². The minimum absolute atomic E-state index is 0. The maximum atomic E-state index is 9.79. The molecule has 0 unspecified atom stereocenters. The first-order chi connectivity index (χ1) is 3.56. The molecule has 6 heteroatoms. The van der Waals surface area contributed by atoms with Crippen molar-refractivity contribution in [2.45, 2.75) is 6.42 Å². The van der Waals surface area contributed by atoms with Gasteiger partial charge in [-0.2, -0.15) is 13.7 Å². The molecule has 0 saturated carbocycles. The van der Waals surface area contributed by atoms with Crippen LogP contribution in [0, 0.1) is 11.3 Å². The summed E-state index contributed by atoms with van der Waals surface area (Å²) in [5, 5.41) is 7.80. The molecule has 0 aliphatic carbocycles. The van der Waals surface area contributed by atoms with Crippen LogP contribution in [0.2, 0.25) is 0 Å². The molecule has 0 aromatic carbocycles. The molecule has 0 aromatic rings. The fourth-order valence-corrected chi connectivity index (χ4v) is 0.524. The van der Waals surface area contributed by atoms with E-state index in [1.54, 1.807) is 6.07 Å². The summed E-state index contributed by atoms with van der Waals surface area (Å²) in [6.45, 7) is 0. The molecule has 0 aromatic heterocycles. The van der Waals surface area contributed by atoms with Gasteiger partial charge in [-0.3, -0.25) is 4.55 Å². The van der Waals surface area contributed by atoms with Gasteiger partial charge in [-0.15, -0.1) is 0 Å². The van der Waals surface area contributed by atoms with Gasteiger partial charge < -0.3 is 0 Å². The third-order valence-corrected chi connectivity index (χ3v) is 1.19. The minimum Gasteiger partial charge on any atom is -0.286 e. The zero-order valence-corrected chi connectivity index (χ0v) is 7.85. The van der Waals surface area contributed by atoms with Crippen LogP contribution >= 0.6 is 0 Å². The van der Waals surface area contributed by atoms with Crippen molar-refractivity contribution in [3.05, 3.63) is 0 Å². The molecule has 0 fully saturated rings. The third kappa shape index (κ3) is 11.8. The van der Waals surface area contributed by atoms with Crippen molar-refractivity contribution in [2.75, 3.05) is 5.75 Å². The van der Waals surface area contributed by atoms with E-state index in [4.69, 9.17) is 9.81 Å². The Morgan fingerprint density at radius 1 is 1.56 bits per heavy atom. The summed E-state index contributed by atoms with van der Waals surface area (Å²) in [5.74, 6) is -0.469. The van der Waals surface area contributed by atoms with Crippen LogP contribution in [0.25, 0.3) is 0 Å². The van der Waals surface area contributed by atoms with E-state index in [-0.39, 0.29) is 36.0 Å². The Hall–Kier alpha value is 0.400. The predicted octanol–water partition coefficient (Wildman–Crippen LogP) is -3.21. The van der Waals surface area contributed by atoms with Crippen LogP contribution in [0.5, 0.6) is 0 Å². The van der Waals surface area contributed by atoms with Crippen LogP contribution in [-0.4, -0.2) is 18.7 Å². The first-order valence-corrected chi connectivity index (χ1v) is 3.49. The summed E-state index contributed by atoms with van der Waals surface area (Å²) < 4.78 is 27.6. The molecule has 0 rings (SSSR count). The van der Waals surface area contributed by atoms with Crippen molar-refractivity contribution in [1.29, 1.82) is 5.26 Å². The Balaban J connectivity index is 0. The van der Waals surface area contributed by atoms with Crippen molar-refractivity contribution in [3.8, 4) is 6.07 Å². The number of hydrogen-bond donors (Lipinski definition) is 1. The van der Waals surface area contributed by atoms with Gasteiger partial charge in [0.25, 0.3) is 10.1 Å². The van der Waals surface area contributed by atoms with Crippen LogP contribution in [0.15, 0.2) is 0 Å². The van der Waals surface area contributed by atoms with E-state index in [1.165, 1.54) is 0 Å². The zero-order valence-electron chi connectivity index (χ0n) is 5.03. The molecule has 0 aliphatic heterocycles. The van der Waals surface area contributed by atoms with Gasteiger partial charge in [-0.25, -0.2) is 0 Å². The van der Waals surface area contributed by atoms with Gasteiger partial charge in [0.2, 0.25) is 0 Å². The van der Waals surface area contributed by atoms with E-state index in [0.29, 0.717) is 0 Å². The molecular formula is C3H5NNaO3S+. The Morgan fingerprint density at radius 3 is 2.11 bits per heavy atom. The Morgan fingerprint density at radius 2 is 2.00 bits per heavy atom. The Kier molecular flexibility index (Phi) is 7.01. The van der Waals surface area contributed by atoms with Gasteiger partial charge in [-0.1, -0.05) is 0 Å². The molecule has 0 amide bonds. The molecule has 4 nitrogen and oxygen atoms in total. The molecule has 0 atom stereocenters. The monoisotopic (exact) mass is 158 g/mol. The third-order valence-electron chi connectivity index (χ3n) is 0.472. The van der Waals surface area contributed by atoms with Gasteiger partial charge in [0.1, 0.15) is 0 Å². The molecule has 0 aliphatic rings. The molecule has 0 bridgehead atoms. The molecule has 0 saturated heterocycles. The largest absolute Gasteiger partial charge is 1.00 e. The summed E-state index contributed by atoms with van der Waals surface area (Å²) in [6.07, 6.45) is -0.154. The van der Waals surface area contributed by atoms with Crippen molar-refractivity contribution < 1.29 is 42.5 Å². The normalized spacial score (nSPS) is 9.33. The molecule has 0 radical (unpaired) electrons. The van der Waals surface area contributed by atoms with Gasteiger partial charge in [-0.05, 0) is 0 Å². The van der Waals surface area contributed by atoms with E-state index < -0.39 is 15.9 Å². The van der Waals surface area contributed by atoms with Crippen LogP contribution in [-0.2, 0) is 10.1 Å². The van der Waals surface area contributed by atoms with E-state index in [2.05, 4.69) is 0 Å². The van der Waals surface area contributed by atoms with Crippen molar-refractivity contribution >= 4 is 10.1 Å². The molecule has 46 valence electrons. The second kappa shape index (κ2) is 5.21. The molecule has 0 heterocycles. The van der Waals surface area contributed by atoms with Crippen molar-refractivity contribution in [3.63, 3.8) is 0 Å². The minimum atomic E-state index is -3.91. The number of nitriles is 1. The standard InChI is InChI=1S/C3H5NO3S.Na/c4-2-1-3-8(5,6)7;/h1,3H2,(H,5,6,7);/q;+1. The second-order valence-electron chi connectivity index (χ2n) is 1.19. The molecule has 9 heavy (non-hydrogen) atoms. The van der Waals surface area contributed by atoms with Gasteiger partial charge >= 0.3 is 29.6 Å². The van der Waals surface area contributed by atoms with Gasteiger partial charge in [0, 0.05) is 0 Å². The van der Waals surface area contributed by atoms with Crippen molar-refractivity contribution in [1.82, 2.24) is 0 Å². The molecular weight excluding hydrogens is 153 g/mol. The summed E-state index contributed by atoms with van der Waals surface area (Å²) in [7, 11) is -3.91. The fourth-order valence-electron chi connectivity index (χ4n) is 0.175. The summed E-state index contributed by atoms with van der Waals surface area (Å²) in [4.78, 5) is 0. The number of rotatable bonds is 2. The fraction of sp³-hybridized carbons (Fsp3) is 0.667. The van der Waals surface area contributed by atoms with Crippen molar-refractivity contribution in [2.24, 2.45) is 0 Å². The van der Waals surface area contributed by atoms with Crippen LogP contribution in [0.3, 0.4) is 0 Å². The van der Waals surface area contributed by atoms with E-state index in [9.17, 15) is 8.42 Å². The maximum absolute atomic E-state index is 9.79. The van der Waals surface area contributed by atoms with Gasteiger partial charge in [0.05, 0.1) is 18.2 Å². The smallest absolute Gasteiger partial charge is 0.286 e. The number of nitrogens with zero attached hydrogens (tertiary/aromatic N) is 1. The van der Waals surface area contributed by atoms with Crippen LogP contribution in [0.4, 0.5) is 0 Å². The molecule has 1 N–H and O–H groups in total. The second-order valence-corrected chi connectivity index (χ2v) is 2.77. The summed E-state index contributed by atoms with van der Waals surface area (Å²) >= 11 is 0. The topological polar surface area (TPSA) is 78.2 Å². The quantitative estimate of drug-likeness (QED) is 0.339.